The third-order valence-electron chi connectivity index (χ3n) is 10.5. The van der Waals surface area contributed by atoms with E-state index in [1.54, 1.807) is 6.26 Å². The van der Waals surface area contributed by atoms with Gasteiger partial charge in [0.1, 0.15) is 17.8 Å². The molecule has 5 fully saturated rings. The van der Waals surface area contributed by atoms with Crippen LogP contribution in [0.3, 0.4) is 0 Å². The van der Waals surface area contributed by atoms with Crippen molar-refractivity contribution >= 4 is 5.97 Å². The zero-order valence-corrected chi connectivity index (χ0v) is 19.2. The largest absolute Gasteiger partial charge is 0.459 e. The molecule has 0 radical (unpaired) electrons. The van der Waals surface area contributed by atoms with Crippen LogP contribution >= 0.6 is 0 Å². The lowest BCUT2D eigenvalue weighted by molar-refractivity contribution is -0.158. The smallest absolute Gasteiger partial charge is 0.335 e. The van der Waals surface area contributed by atoms with Gasteiger partial charge in [0, 0.05) is 24.3 Å². The number of aliphatic hydroxyl groups excluding tert-OH is 1. The van der Waals surface area contributed by atoms with Crippen molar-refractivity contribution < 1.29 is 23.8 Å². The summed E-state index contributed by atoms with van der Waals surface area (Å²) in [5.74, 6) is 1.24. The highest BCUT2D eigenvalue weighted by Crippen LogP contribution is 2.78. The Morgan fingerprint density at radius 3 is 2.66 bits per heavy atom. The van der Waals surface area contributed by atoms with E-state index in [9.17, 15) is 14.7 Å². The van der Waals surface area contributed by atoms with Crippen molar-refractivity contribution in [1.29, 1.82) is 0 Å². The first-order chi connectivity index (χ1) is 15.2. The molecule has 5 aliphatic rings. The maximum absolute atomic E-state index is 12.1. The van der Waals surface area contributed by atoms with Gasteiger partial charge in [0.2, 0.25) is 0 Å². The van der Waals surface area contributed by atoms with Gasteiger partial charge < -0.3 is 19.0 Å². The summed E-state index contributed by atoms with van der Waals surface area (Å²) >= 11 is 0. The molecule has 1 aliphatic heterocycles. The number of carbonyl (C=O) groups excluding carboxylic acids is 1. The van der Waals surface area contributed by atoms with Gasteiger partial charge in [-0.25, -0.2) is 4.79 Å². The Bertz CT molecular complexity index is 982. The zero-order chi connectivity index (χ0) is 22.5. The van der Waals surface area contributed by atoms with Crippen LogP contribution in [0.2, 0.25) is 0 Å². The lowest BCUT2D eigenvalue weighted by Gasteiger charge is -2.61. The number of ether oxygens (including phenoxy) is 2. The molecule has 0 aromatic carbocycles. The molecule has 174 valence electrons. The quantitative estimate of drug-likeness (QED) is 0.554. The van der Waals surface area contributed by atoms with Crippen LogP contribution in [-0.4, -0.2) is 35.0 Å². The Hall–Kier alpha value is -1.66. The second-order valence-corrected chi connectivity index (χ2v) is 11.6. The summed E-state index contributed by atoms with van der Waals surface area (Å²) in [7, 11) is 0. The third-order valence-corrected chi connectivity index (χ3v) is 10.5. The van der Waals surface area contributed by atoms with Gasteiger partial charge in [0.05, 0.1) is 12.4 Å². The number of epoxide rings is 1. The molecule has 6 nitrogen and oxygen atoms in total. The molecule has 1 spiro atoms. The zero-order valence-electron chi connectivity index (χ0n) is 19.2. The van der Waals surface area contributed by atoms with Gasteiger partial charge in [0.15, 0.2) is 0 Å². The number of hydrogen-bond donors (Lipinski definition) is 1. The third kappa shape index (κ3) is 2.54. The average molecular weight is 443 g/mol. The maximum atomic E-state index is 12.1. The molecule has 0 bridgehead atoms. The van der Waals surface area contributed by atoms with Crippen LogP contribution in [0.1, 0.15) is 77.2 Å². The summed E-state index contributed by atoms with van der Waals surface area (Å²) in [6.45, 7) is 6.23. The SMILES string of the molecule is CC(=O)OC1C(c2ccc(=O)oc2)[C@]2(C)CC[C@@H]3[C@H](CC[C@@H]4CC(O)CC[C@]43C)[C@@]23OC13. The molecule has 1 N–H and O–H groups in total. The summed E-state index contributed by atoms with van der Waals surface area (Å²) in [5.41, 5.74) is 0.319. The van der Waals surface area contributed by atoms with Crippen LogP contribution in [0.25, 0.3) is 0 Å². The molecule has 4 aliphatic carbocycles. The minimum Gasteiger partial charge on any atom is -0.459 e. The Labute approximate surface area is 188 Å². The van der Waals surface area contributed by atoms with Crippen LogP contribution < -0.4 is 5.63 Å². The molecule has 0 amide bonds. The summed E-state index contributed by atoms with van der Waals surface area (Å²) in [6, 6.07) is 3.30. The van der Waals surface area contributed by atoms with Gasteiger partial charge in [-0.15, -0.1) is 0 Å². The molecule has 4 unspecified atom stereocenters. The van der Waals surface area contributed by atoms with Gasteiger partial charge in [-0.1, -0.05) is 13.8 Å². The highest BCUT2D eigenvalue weighted by Gasteiger charge is 2.84. The number of rotatable bonds is 2. The van der Waals surface area contributed by atoms with E-state index >= 15 is 0 Å². The average Bonchev–Trinajstić information content (AvgIpc) is 3.44. The summed E-state index contributed by atoms with van der Waals surface area (Å²) in [6.07, 6.45) is 8.20. The molecule has 10 atom stereocenters. The molecule has 1 saturated heterocycles. The van der Waals surface area contributed by atoms with Crippen LogP contribution in [0, 0.1) is 28.6 Å². The highest BCUT2D eigenvalue weighted by atomic mass is 16.7. The van der Waals surface area contributed by atoms with Gasteiger partial charge in [-0.2, -0.15) is 0 Å². The van der Waals surface area contributed by atoms with Crippen LogP contribution in [0.15, 0.2) is 27.6 Å². The molecule has 32 heavy (non-hydrogen) atoms. The molecule has 6 rings (SSSR count). The Morgan fingerprint density at radius 1 is 1.12 bits per heavy atom. The van der Waals surface area contributed by atoms with Crippen LogP contribution in [-0.2, 0) is 14.3 Å². The van der Waals surface area contributed by atoms with E-state index in [1.807, 2.05) is 6.07 Å². The van der Waals surface area contributed by atoms with Crippen molar-refractivity contribution in [2.45, 2.75) is 95.5 Å². The van der Waals surface area contributed by atoms with Crippen LogP contribution in [0.5, 0.6) is 0 Å². The van der Waals surface area contributed by atoms with E-state index in [4.69, 9.17) is 13.9 Å². The first-order valence-electron chi connectivity index (χ1n) is 12.3. The second-order valence-electron chi connectivity index (χ2n) is 11.6. The van der Waals surface area contributed by atoms with Gasteiger partial charge in [0.25, 0.3) is 0 Å². The van der Waals surface area contributed by atoms with Gasteiger partial charge >= 0.3 is 11.6 Å². The fraction of sp³-hybridized carbons (Fsp3) is 0.769. The summed E-state index contributed by atoms with van der Waals surface area (Å²) in [4.78, 5) is 23.7. The van der Waals surface area contributed by atoms with Crippen LogP contribution in [0.4, 0.5) is 0 Å². The van der Waals surface area contributed by atoms with Crippen molar-refractivity contribution in [3.8, 4) is 0 Å². The van der Waals surface area contributed by atoms with E-state index in [1.165, 1.54) is 13.0 Å². The summed E-state index contributed by atoms with van der Waals surface area (Å²) in [5, 5.41) is 10.3. The molecule has 4 saturated carbocycles. The standard InChI is InChI=1S/C26H34O6/c1-14(27)31-22-21(15-4-7-20(29)30-13-15)25(3)11-9-18-19(26(25)23(22)32-26)6-5-16-12-17(28)8-10-24(16,18)2/h4,7,13,16-19,21-23,28H,5-6,8-12H2,1-3H3/t16-,17?,18-,19+,21?,22?,23?,24-,25+,26+/m1/s1. The number of aliphatic hydroxyl groups is 1. The van der Waals surface area contributed by atoms with Crippen molar-refractivity contribution in [3.05, 3.63) is 34.4 Å². The first kappa shape index (κ1) is 20.9. The highest BCUT2D eigenvalue weighted by molar-refractivity contribution is 5.66. The topological polar surface area (TPSA) is 89.3 Å². The van der Waals surface area contributed by atoms with E-state index in [0.717, 1.165) is 50.5 Å². The Balaban J connectivity index is 1.41. The lowest BCUT2D eigenvalue weighted by Crippen LogP contribution is -2.58. The molecule has 1 aromatic rings. The fourth-order valence-corrected chi connectivity index (χ4v) is 9.10. The second kappa shape index (κ2) is 6.69. The van der Waals surface area contributed by atoms with Crippen molar-refractivity contribution in [3.63, 3.8) is 0 Å². The van der Waals surface area contributed by atoms with Crippen molar-refractivity contribution in [1.82, 2.24) is 0 Å². The van der Waals surface area contributed by atoms with Gasteiger partial charge in [-0.05, 0) is 79.7 Å². The summed E-state index contributed by atoms with van der Waals surface area (Å²) < 4.78 is 17.8. The predicted octanol–water partition coefficient (Wildman–Crippen LogP) is 3.80. The monoisotopic (exact) mass is 442 g/mol. The lowest BCUT2D eigenvalue weighted by atomic mass is 9.44. The molecule has 6 heteroatoms. The normalized spacial score (nSPS) is 51.1. The molecule has 1 aromatic heterocycles. The van der Waals surface area contributed by atoms with E-state index < -0.39 is 0 Å². The number of esters is 1. The Morgan fingerprint density at radius 2 is 1.94 bits per heavy atom. The van der Waals surface area contributed by atoms with Crippen molar-refractivity contribution in [2.24, 2.45) is 28.6 Å². The Kier molecular flexibility index (Phi) is 4.37. The van der Waals surface area contributed by atoms with E-state index in [2.05, 4.69) is 13.8 Å². The molecule has 2 heterocycles. The number of fused-ring (bicyclic) bond motifs is 3. The van der Waals surface area contributed by atoms with E-state index in [-0.39, 0.29) is 52.3 Å². The van der Waals surface area contributed by atoms with Crippen molar-refractivity contribution in [2.75, 3.05) is 0 Å². The predicted molar refractivity (Wildman–Crippen MR) is 116 cm³/mol. The fourth-order valence-electron chi connectivity index (χ4n) is 9.10. The minimum absolute atomic E-state index is 0.0471. The van der Waals surface area contributed by atoms with E-state index in [0.29, 0.717) is 17.8 Å². The minimum atomic E-state index is -0.369. The molecular formula is C26H34O6. The van der Waals surface area contributed by atoms with Gasteiger partial charge in [-0.3, -0.25) is 4.79 Å². The number of carbonyl (C=O) groups is 1. The molecular weight excluding hydrogens is 408 g/mol. The number of hydrogen-bond acceptors (Lipinski definition) is 6. The first-order valence-corrected chi connectivity index (χ1v) is 12.3. The maximum Gasteiger partial charge on any atom is 0.335 e.